The molecule has 0 aliphatic rings. The molecular formula is C16H16FN3O3. The summed E-state index contributed by atoms with van der Waals surface area (Å²) in [5.41, 5.74) is 9.38. The van der Waals surface area contributed by atoms with Crippen LogP contribution in [0.15, 0.2) is 53.6 Å². The molecule has 0 aliphatic heterocycles. The summed E-state index contributed by atoms with van der Waals surface area (Å²) in [6.07, 6.45) is -2.33. The second-order valence-electron chi connectivity index (χ2n) is 4.91. The Labute approximate surface area is 132 Å². The molecule has 0 radical (unpaired) electrons. The fourth-order valence-electron chi connectivity index (χ4n) is 2.00. The Hall–Kier alpha value is -2.60. The van der Waals surface area contributed by atoms with E-state index in [1.807, 2.05) is 0 Å². The number of hydrogen-bond acceptors (Lipinski definition) is 4. The topological polar surface area (TPSA) is 98.5 Å². The van der Waals surface area contributed by atoms with Gasteiger partial charge in [0.05, 0.1) is 12.6 Å². The Kier molecular flexibility index (Phi) is 5.94. The first kappa shape index (κ1) is 16.8. The van der Waals surface area contributed by atoms with Crippen LogP contribution in [0.4, 0.5) is 4.39 Å². The first-order valence-corrected chi connectivity index (χ1v) is 6.94. The highest BCUT2D eigenvalue weighted by Gasteiger charge is 2.17. The predicted molar refractivity (Wildman–Crippen MR) is 82.2 cm³/mol. The van der Waals surface area contributed by atoms with Gasteiger partial charge in [-0.05, 0) is 40.9 Å². The summed E-state index contributed by atoms with van der Waals surface area (Å²) < 4.78 is 18.6. The molecule has 6 nitrogen and oxygen atoms in total. The van der Waals surface area contributed by atoms with Crippen molar-refractivity contribution in [2.45, 2.75) is 18.8 Å². The number of hydrogen-bond donors (Lipinski definition) is 2. The molecular weight excluding hydrogens is 301 g/mol. The minimum Gasteiger partial charge on any atom is -0.489 e. The molecule has 0 saturated carbocycles. The van der Waals surface area contributed by atoms with Crippen molar-refractivity contribution in [1.82, 2.24) is 0 Å². The zero-order valence-electron chi connectivity index (χ0n) is 12.2. The van der Waals surface area contributed by atoms with E-state index in [2.05, 4.69) is 10.0 Å². The van der Waals surface area contributed by atoms with Crippen molar-refractivity contribution in [1.29, 1.82) is 0 Å². The molecule has 0 bridgehead atoms. The van der Waals surface area contributed by atoms with Gasteiger partial charge in [-0.2, -0.15) is 0 Å². The summed E-state index contributed by atoms with van der Waals surface area (Å²) >= 11 is 0. The fraction of sp³-hybridized carbons (Fsp3) is 0.250. The predicted octanol–water partition coefficient (Wildman–Crippen LogP) is 3.11. The molecule has 2 unspecified atom stereocenters. The average molecular weight is 317 g/mol. The molecule has 0 fully saturated rings. The molecule has 0 spiro atoms. The number of aliphatic hydroxyl groups excluding tert-OH is 2. The number of azide groups is 1. The molecule has 7 heteroatoms. The van der Waals surface area contributed by atoms with Crippen LogP contribution in [0.3, 0.4) is 0 Å². The zero-order valence-corrected chi connectivity index (χ0v) is 12.2. The van der Waals surface area contributed by atoms with Crippen LogP contribution in [0.25, 0.3) is 10.4 Å². The van der Waals surface area contributed by atoms with Crippen molar-refractivity contribution in [3.8, 4) is 5.75 Å². The van der Waals surface area contributed by atoms with Crippen LogP contribution >= 0.6 is 0 Å². The highest BCUT2D eigenvalue weighted by Crippen LogP contribution is 2.21. The number of aliphatic hydroxyl groups is 2. The Morgan fingerprint density at radius 2 is 1.91 bits per heavy atom. The van der Waals surface area contributed by atoms with Crippen molar-refractivity contribution in [3.05, 3.63) is 75.9 Å². The zero-order chi connectivity index (χ0) is 16.7. The SMILES string of the molecule is [N-]=[N+]=NCC(O)C(O)c1ccc(OCc2cccc(F)c2)cc1. The van der Waals surface area contributed by atoms with E-state index >= 15 is 0 Å². The molecule has 2 N–H and O–H groups in total. The second-order valence-corrected chi connectivity index (χ2v) is 4.91. The second kappa shape index (κ2) is 8.14. The summed E-state index contributed by atoms with van der Waals surface area (Å²) in [4.78, 5) is 2.53. The van der Waals surface area contributed by atoms with Gasteiger partial charge in [-0.1, -0.05) is 29.4 Å². The van der Waals surface area contributed by atoms with Gasteiger partial charge < -0.3 is 14.9 Å². The Morgan fingerprint density at radius 3 is 2.57 bits per heavy atom. The van der Waals surface area contributed by atoms with Crippen LogP contribution in [-0.4, -0.2) is 22.9 Å². The molecule has 2 aromatic rings. The normalized spacial score (nSPS) is 13.0. The van der Waals surface area contributed by atoms with Gasteiger partial charge in [0.25, 0.3) is 0 Å². The molecule has 2 atom stereocenters. The number of halogens is 1. The van der Waals surface area contributed by atoms with E-state index in [1.165, 1.54) is 12.1 Å². The van der Waals surface area contributed by atoms with Gasteiger partial charge in [0.2, 0.25) is 0 Å². The molecule has 23 heavy (non-hydrogen) atoms. The van der Waals surface area contributed by atoms with Gasteiger partial charge in [0.15, 0.2) is 0 Å². The van der Waals surface area contributed by atoms with Crippen LogP contribution in [0.5, 0.6) is 5.75 Å². The minimum absolute atomic E-state index is 0.213. The lowest BCUT2D eigenvalue weighted by molar-refractivity contribution is 0.0244. The molecule has 120 valence electrons. The standard InChI is InChI=1S/C16H16FN3O3/c17-13-3-1-2-11(8-13)10-23-14-6-4-12(5-7-14)16(22)15(21)9-19-20-18/h1-8,15-16,21-22H,9-10H2. The maximum atomic E-state index is 13.1. The fourth-order valence-corrected chi connectivity index (χ4v) is 2.00. The summed E-state index contributed by atoms with van der Waals surface area (Å²) in [6, 6.07) is 12.6. The Bertz CT molecular complexity index is 687. The van der Waals surface area contributed by atoms with Gasteiger partial charge in [0, 0.05) is 4.91 Å². The third-order valence-corrected chi connectivity index (χ3v) is 3.21. The molecule has 0 aliphatic carbocycles. The summed E-state index contributed by atoms with van der Waals surface area (Å²) in [5, 5.41) is 22.8. The first-order valence-electron chi connectivity index (χ1n) is 6.94. The highest BCUT2D eigenvalue weighted by atomic mass is 19.1. The number of rotatable bonds is 7. The lowest BCUT2D eigenvalue weighted by atomic mass is 10.0. The number of nitrogens with zero attached hydrogens (tertiary/aromatic N) is 3. The quantitative estimate of drug-likeness (QED) is 0.466. The third kappa shape index (κ3) is 4.96. The van der Waals surface area contributed by atoms with E-state index in [0.717, 1.165) is 0 Å². The van der Waals surface area contributed by atoms with Crippen molar-refractivity contribution in [3.63, 3.8) is 0 Å². The lowest BCUT2D eigenvalue weighted by Gasteiger charge is -2.16. The summed E-state index contributed by atoms with van der Waals surface area (Å²) in [5.74, 6) is 0.230. The Balaban J connectivity index is 1.95. The number of ether oxygens (including phenoxy) is 1. The van der Waals surface area contributed by atoms with Crippen LogP contribution in [-0.2, 0) is 6.61 Å². The molecule has 0 amide bonds. The van der Waals surface area contributed by atoms with Crippen LogP contribution in [0, 0.1) is 5.82 Å². The smallest absolute Gasteiger partial charge is 0.123 e. The van der Waals surface area contributed by atoms with Gasteiger partial charge >= 0.3 is 0 Å². The summed E-state index contributed by atoms with van der Waals surface area (Å²) in [7, 11) is 0. The van der Waals surface area contributed by atoms with E-state index in [-0.39, 0.29) is 19.0 Å². The van der Waals surface area contributed by atoms with Gasteiger partial charge in [0.1, 0.15) is 24.3 Å². The van der Waals surface area contributed by atoms with Crippen molar-refractivity contribution in [2.75, 3.05) is 6.54 Å². The van der Waals surface area contributed by atoms with Crippen LogP contribution in [0.1, 0.15) is 17.2 Å². The average Bonchev–Trinajstić information content (AvgIpc) is 2.57. The third-order valence-electron chi connectivity index (χ3n) is 3.21. The summed E-state index contributed by atoms with van der Waals surface area (Å²) in [6.45, 7) is 0.00859. The van der Waals surface area contributed by atoms with Gasteiger partial charge in [-0.3, -0.25) is 0 Å². The molecule has 2 aromatic carbocycles. The lowest BCUT2D eigenvalue weighted by Crippen LogP contribution is -2.21. The van der Waals surface area contributed by atoms with E-state index in [9.17, 15) is 14.6 Å². The van der Waals surface area contributed by atoms with Gasteiger partial charge in [-0.25, -0.2) is 4.39 Å². The van der Waals surface area contributed by atoms with E-state index in [4.69, 9.17) is 10.3 Å². The highest BCUT2D eigenvalue weighted by molar-refractivity contribution is 5.29. The van der Waals surface area contributed by atoms with E-state index < -0.39 is 12.2 Å². The molecule has 0 aromatic heterocycles. The van der Waals surface area contributed by atoms with Crippen molar-refractivity contribution in [2.24, 2.45) is 5.11 Å². The van der Waals surface area contributed by atoms with Crippen LogP contribution in [0.2, 0.25) is 0 Å². The number of benzene rings is 2. The largest absolute Gasteiger partial charge is 0.489 e. The first-order chi connectivity index (χ1) is 11.1. The van der Waals surface area contributed by atoms with E-state index in [1.54, 1.807) is 36.4 Å². The molecule has 0 heterocycles. The van der Waals surface area contributed by atoms with Crippen molar-refractivity contribution < 1.29 is 19.3 Å². The minimum atomic E-state index is -1.18. The maximum absolute atomic E-state index is 13.1. The monoisotopic (exact) mass is 317 g/mol. The van der Waals surface area contributed by atoms with Crippen molar-refractivity contribution >= 4 is 0 Å². The maximum Gasteiger partial charge on any atom is 0.123 e. The molecule has 2 rings (SSSR count). The molecule has 0 saturated heterocycles. The van der Waals surface area contributed by atoms with Gasteiger partial charge in [-0.15, -0.1) is 0 Å². The van der Waals surface area contributed by atoms with E-state index in [0.29, 0.717) is 16.9 Å². The Morgan fingerprint density at radius 1 is 1.17 bits per heavy atom. The van der Waals surface area contributed by atoms with Crippen LogP contribution < -0.4 is 4.74 Å².